The molecule has 1 aliphatic rings. The molecular weight excluding hydrogens is 298 g/mol. The largest absolute Gasteiger partial charge is 0.497 e. The lowest BCUT2D eigenvalue weighted by Gasteiger charge is -2.21. The smallest absolute Gasteiger partial charge is 0.309 e. The maximum atomic E-state index is 11.6. The number of nitrogens with zero attached hydrogens (tertiary/aromatic N) is 3. The fraction of sp³-hybridized carbons (Fsp3) is 0.438. The molecule has 1 aliphatic heterocycles. The Kier molecular flexibility index (Phi) is 4.45. The first-order valence-corrected chi connectivity index (χ1v) is 7.47. The third-order valence-corrected chi connectivity index (χ3v) is 4.00. The van der Waals surface area contributed by atoms with Gasteiger partial charge in [0.25, 0.3) is 0 Å². The van der Waals surface area contributed by atoms with Gasteiger partial charge in [-0.2, -0.15) is 0 Å². The summed E-state index contributed by atoms with van der Waals surface area (Å²) in [6, 6.07) is 7.38. The summed E-state index contributed by atoms with van der Waals surface area (Å²) < 4.78 is 17.7. The second kappa shape index (κ2) is 6.68. The number of hydrogen-bond donors (Lipinski definition) is 0. The van der Waals surface area contributed by atoms with E-state index in [-0.39, 0.29) is 11.9 Å². The van der Waals surface area contributed by atoms with Crippen molar-refractivity contribution in [1.82, 2.24) is 14.8 Å². The summed E-state index contributed by atoms with van der Waals surface area (Å²) in [4.78, 5) is 11.6. The lowest BCUT2D eigenvalue weighted by Crippen LogP contribution is -2.27. The standard InChI is InChI=1S/C16H19N3O4/c1-21-12-3-5-13(6-4-12)23-10-15-18-17-14-9-11(16(20)22-2)7-8-19(14)15/h3-6,11H,7-10H2,1-2H3. The molecule has 0 saturated carbocycles. The molecule has 2 heterocycles. The third-order valence-electron chi connectivity index (χ3n) is 4.00. The Morgan fingerprint density at radius 2 is 1.96 bits per heavy atom. The molecule has 23 heavy (non-hydrogen) atoms. The van der Waals surface area contributed by atoms with Gasteiger partial charge in [0.2, 0.25) is 0 Å². The molecule has 7 heteroatoms. The molecule has 0 saturated heterocycles. The molecule has 0 aliphatic carbocycles. The number of esters is 1. The van der Waals surface area contributed by atoms with Crippen molar-refractivity contribution >= 4 is 5.97 Å². The molecule has 0 fully saturated rings. The van der Waals surface area contributed by atoms with Gasteiger partial charge in [-0.15, -0.1) is 10.2 Å². The number of fused-ring (bicyclic) bond motifs is 1. The van der Waals surface area contributed by atoms with E-state index in [0.29, 0.717) is 19.6 Å². The number of methoxy groups -OCH3 is 2. The van der Waals surface area contributed by atoms with E-state index < -0.39 is 0 Å². The lowest BCUT2D eigenvalue weighted by atomic mass is 9.98. The van der Waals surface area contributed by atoms with E-state index in [0.717, 1.165) is 29.6 Å². The van der Waals surface area contributed by atoms with Gasteiger partial charge < -0.3 is 18.8 Å². The highest BCUT2D eigenvalue weighted by Gasteiger charge is 2.28. The van der Waals surface area contributed by atoms with Gasteiger partial charge in [-0.3, -0.25) is 4.79 Å². The summed E-state index contributed by atoms with van der Waals surface area (Å²) in [5.74, 6) is 2.78. The molecule has 2 aromatic rings. The molecule has 1 aromatic carbocycles. The summed E-state index contributed by atoms with van der Waals surface area (Å²) in [6.07, 6.45) is 1.29. The van der Waals surface area contributed by atoms with E-state index in [1.807, 2.05) is 28.8 Å². The summed E-state index contributed by atoms with van der Waals surface area (Å²) in [5.41, 5.74) is 0. The van der Waals surface area contributed by atoms with Gasteiger partial charge in [-0.05, 0) is 30.7 Å². The zero-order chi connectivity index (χ0) is 16.2. The number of carbonyl (C=O) groups excluding carboxylic acids is 1. The maximum Gasteiger partial charge on any atom is 0.309 e. The fourth-order valence-electron chi connectivity index (χ4n) is 2.68. The van der Waals surface area contributed by atoms with Crippen LogP contribution in [0.4, 0.5) is 0 Å². The average molecular weight is 317 g/mol. The minimum Gasteiger partial charge on any atom is -0.497 e. The van der Waals surface area contributed by atoms with E-state index >= 15 is 0 Å². The number of hydrogen-bond acceptors (Lipinski definition) is 6. The van der Waals surface area contributed by atoms with Crippen LogP contribution in [0, 0.1) is 5.92 Å². The first kappa shape index (κ1) is 15.3. The zero-order valence-electron chi connectivity index (χ0n) is 13.2. The van der Waals surface area contributed by atoms with Crippen LogP contribution in [0.1, 0.15) is 18.1 Å². The minimum absolute atomic E-state index is 0.132. The van der Waals surface area contributed by atoms with Gasteiger partial charge in [0.1, 0.15) is 23.9 Å². The number of carbonyl (C=O) groups is 1. The molecule has 0 amide bonds. The monoisotopic (exact) mass is 317 g/mol. The van der Waals surface area contributed by atoms with Crippen molar-refractivity contribution in [3.05, 3.63) is 35.9 Å². The Bertz CT molecular complexity index is 681. The number of benzene rings is 1. The van der Waals surface area contributed by atoms with Crippen LogP contribution < -0.4 is 9.47 Å². The van der Waals surface area contributed by atoms with Gasteiger partial charge in [0.05, 0.1) is 20.1 Å². The lowest BCUT2D eigenvalue weighted by molar-refractivity contribution is -0.146. The van der Waals surface area contributed by atoms with Crippen LogP contribution in [0.15, 0.2) is 24.3 Å². The van der Waals surface area contributed by atoms with Crippen molar-refractivity contribution < 1.29 is 19.0 Å². The van der Waals surface area contributed by atoms with Crippen LogP contribution >= 0.6 is 0 Å². The quantitative estimate of drug-likeness (QED) is 0.780. The van der Waals surface area contributed by atoms with Crippen molar-refractivity contribution in [3.63, 3.8) is 0 Å². The van der Waals surface area contributed by atoms with E-state index in [4.69, 9.17) is 14.2 Å². The van der Waals surface area contributed by atoms with E-state index in [9.17, 15) is 4.79 Å². The first-order chi connectivity index (χ1) is 11.2. The van der Waals surface area contributed by atoms with Gasteiger partial charge in [-0.25, -0.2) is 0 Å². The maximum absolute atomic E-state index is 11.6. The molecule has 0 N–H and O–H groups in total. The average Bonchev–Trinajstić information content (AvgIpc) is 3.02. The molecule has 0 spiro atoms. The molecule has 3 rings (SSSR count). The van der Waals surface area contributed by atoms with Gasteiger partial charge in [-0.1, -0.05) is 0 Å². The molecule has 0 bridgehead atoms. The minimum atomic E-state index is -0.185. The van der Waals surface area contributed by atoms with Crippen molar-refractivity contribution in [2.24, 2.45) is 5.92 Å². The second-order valence-corrected chi connectivity index (χ2v) is 5.36. The third kappa shape index (κ3) is 3.28. The molecule has 1 aromatic heterocycles. The highest BCUT2D eigenvalue weighted by atomic mass is 16.5. The predicted molar refractivity (Wildman–Crippen MR) is 81.2 cm³/mol. The van der Waals surface area contributed by atoms with Crippen molar-refractivity contribution in [3.8, 4) is 11.5 Å². The SMILES string of the molecule is COC(=O)C1CCn2c(COc3ccc(OC)cc3)nnc2C1. The van der Waals surface area contributed by atoms with E-state index in [1.54, 1.807) is 7.11 Å². The Morgan fingerprint density at radius 1 is 1.22 bits per heavy atom. The Hall–Kier alpha value is -2.57. The van der Waals surface area contributed by atoms with Crippen LogP contribution in [0.25, 0.3) is 0 Å². The Balaban J connectivity index is 1.64. The highest BCUT2D eigenvalue weighted by Crippen LogP contribution is 2.22. The predicted octanol–water partition coefficient (Wildman–Crippen LogP) is 1.60. The van der Waals surface area contributed by atoms with Crippen LogP contribution in [-0.2, 0) is 29.1 Å². The van der Waals surface area contributed by atoms with Gasteiger partial charge in [0, 0.05) is 13.0 Å². The summed E-state index contributed by atoms with van der Waals surface area (Å²) in [7, 11) is 3.04. The van der Waals surface area contributed by atoms with Crippen molar-refractivity contribution in [2.75, 3.05) is 14.2 Å². The first-order valence-electron chi connectivity index (χ1n) is 7.47. The van der Waals surface area contributed by atoms with Gasteiger partial charge >= 0.3 is 5.97 Å². The molecule has 122 valence electrons. The Labute approximate surface area is 134 Å². The van der Waals surface area contributed by atoms with Crippen molar-refractivity contribution in [1.29, 1.82) is 0 Å². The fourth-order valence-corrected chi connectivity index (χ4v) is 2.68. The number of ether oxygens (including phenoxy) is 3. The summed E-state index contributed by atoms with van der Waals surface area (Å²) in [5, 5.41) is 8.35. The molecule has 0 radical (unpaired) electrons. The van der Waals surface area contributed by atoms with Crippen molar-refractivity contribution in [2.45, 2.75) is 26.0 Å². The normalized spacial score (nSPS) is 16.5. The zero-order valence-corrected chi connectivity index (χ0v) is 13.2. The van der Waals surface area contributed by atoms with Crippen LogP contribution in [0.5, 0.6) is 11.5 Å². The summed E-state index contributed by atoms with van der Waals surface area (Å²) in [6.45, 7) is 1.03. The van der Waals surface area contributed by atoms with E-state index in [2.05, 4.69) is 10.2 Å². The molecule has 1 atom stereocenters. The van der Waals surface area contributed by atoms with Crippen LogP contribution in [-0.4, -0.2) is 35.0 Å². The molecular formula is C16H19N3O4. The Morgan fingerprint density at radius 3 is 2.65 bits per heavy atom. The highest BCUT2D eigenvalue weighted by molar-refractivity contribution is 5.72. The van der Waals surface area contributed by atoms with E-state index in [1.165, 1.54) is 7.11 Å². The van der Waals surface area contributed by atoms with Crippen LogP contribution in [0.2, 0.25) is 0 Å². The molecule has 1 unspecified atom stereocenters. The number of rotatable bonds is 5. The second-order valence-electron chi connectivity index (χ2n) is 5.36. The topological polar surface area (TPSA) is 75.5 Å². The van der Waals surface area contributed by atoms with Crippen LogP contribution in [0.3, 0.4) is 0 Å². The molecule has 7 nitrogen and oxygen atoms in total. The number of aromatic nitrogens is 3. The van der Waals surface area contributed by atoms with Gasteiger partial charge in [0.15, 0.2) is 5.82 Å². The summed E-state index contributed by atoms with van der Waals surface area (Å²) >= 11 is 0.